The van der Waals surface area contributed by atoms with E-state index in [0.717, 1.165) is 29.8 Å². The second-order valence-corrected chi connectivity index (χ2v) is 5.39. The molecule has 1 fully saturated rings. The van der Waals surface area contributed by atoms with Crippen molar-refractivity contribution in [3.05, 3.63) is 34.9 Å². The van der Waals surface area contributed by atoms with Crippen LogP contribution in [0.1, 0.15) is 51.1 Å². The van der Waals surface area contributed by atoms with Gasteiger partial charge in [0.1, 0.15) is 0 Å². The Hall–Kier alpha value is -1.02. The van der Waals surface area contributed by atoms with Crippen LogP contribution in [0.5, 0.6) is 0 Å². The van der Waals surface area contributed by atoms with Crippen molar-refractivity contribution in [2.45, 2.75) is 51.6 Å². The normalized spacial score (nSPS) is 16.4. The molecule has 1 unspecified atom stereocenters. The molecule has 1 saturated carbocycles. The molecular formula is C15H20ClNO. The number of hydrogen-bond acceptors (Lipinski definition) is 1. The monoisotopic (exact) mass is 265 g/mol. The molecule has 0 radical (unpaired) electrons. The third-order valence-electron chi connectivity index (χ3n) is 3.46. The van der Waals surface area contributed by atoms with Crippen LogP contribution in [0.2, 0.25) is 5.02 Å². The fourth-order valence-electron chi connectivity index (χ4n) is 2.40. The summed E-state index contributed by atoms with van der Waals surface area (Å²) in [4.78, 5) is 14.3. The molecule has 18 heavy (non-hydrogen) atoms. The topological polar surface area (TPSA) is 20.3 Å². The molecule has 1 aromatic carbocycles. The summed E-state index contributed by atoms with van der Waals surface area (Å²) < 4.78 is 0. The quantitative estimate of drug-likeness (QED) is 0.782. The summed E-state index contributed by atoms with van der Waals surface area (Å²) in [5.74, 6) is 0.257. The minimum absolute atomic E-state index is 0.0743. The molecule has 2 nitrogen and oxygen atoms in total. The average Bonchev–Trinajstić information content (AvgIpc) is 3.14. The van der Waals surface area contributed by atoms with Gasteiger partial charge < -0.3 is 4.90 Å². The molecule has 1 aromatic rings. The van der Waals surface area contributed by atoms with Gasteiger partial charge in [-0.1, -0.05) is 36.7 Å². The molecule has 1 aliphatic rings. The molecule has 3 heteroatoms. The number of carbonyl (C=O) groups is 1. The van der Waals surface area contributed by atoms with Gasteiger partial charge >= 0.3 is 0 Å². The van der Waals surface area contributed by atoms with Gasteiger partial charge in [-0.05, 0) is 37.8 Å². The van der Waals surface area contributed by atoms with Crippen molar-refractivity contribution in [1.82, 2.24) is 4.90 Å². The molecule has 1 amide bonds. The van der Waals surface area contributed by atoms with E-state index in [4.69, 9.17) is 11.6 Å². The zero-order chi connectivity index (χ0) is 13.1. The molecular weight excluding hydrogens is 246 g/mol. The van der Waals surface area contributed by atoms with Crippen molar-refractivity contribution in [3.8, 4) is 0 Å². The first-order valence-electron chi connectivity index (χ1n) is 6.70. The highest BCUT2D eigenvalue weighted by Crippen LogP contribution is 2.36. The maximum absolute atomic E-state index is 12.2. The summed E-state index contributed by atoms with van der Waals surface area (Å²) in [6, 6.07) is 8.31. The lowest BCUT2D eigenvalue weighted by Crippen LogP contribution is -2.35. The molecule has 1 aliphatic carbocycles. The lowest BCUT2D eigenvalue weighted by atomic mass is 10.1. The molecule has 0 heterocycles. The van der Waals surface area contributed by atoms with Crippen molar-refractivity contribution >= 4 is 17.5 Å². The number of carbonyl (C=O) groups excluding carboxylic acids is 1. The molecule has 0 N–H and O–H groups in total. The van der Waals surface area contributed by atoms with Crippen molar-refractivity contribution in [2.24, 2.45) is 0 Å². The van der Waals surface area contributed by atoms with E-state index in [1.165, 1.54) is 0 Å². The smallest absolute Gasteiger partial charge is 0.223 e. The van der Waals surface area contributed by atoms with E-state index in [2.05, 4.69) is 6.92 Å². The summed E-state index contributed by atoms with van der Waals surface area (Å²) in [6.45, 7) is 4.12. The second kappa shape index (κ2) is 5.75. The van der Waals surface area contributed by atoms with Crippen LogP contribution in [0.3, 0.4) is 0 Å². The largest absolute Gasteiger partial charge is 0.333 e. The summed E-state index contributed by atoms with van der Waals surface area (Å²) in [5, 5.41) is 0.750. The summed E-state index contributed by atoms with van der Waals surface area (Å²) >= 11 is 6.23. The molecule has 0 aromatic heterocycles. The third kappa shape index (κ3) is 2.86. The SMILES string of the molecule is CCCC(=O)N(C1CC1)C(C)c1ccccc1Cl. The number of rotatable bonds is 5. The van der Waals surface area contributed by atoms with Crippen LogP contribution in [-0.4, -0.2) is 16.8 Å². The molecule has 2 rings (SSSR count). The standard InChI is InChI=1S/C15H20ClNO/c1-3-6-15(18)17(12-9-10-12)11(2)13-7-4-5-8-14(13)16/h4-5,7-8,11-12H,3,6,9-10H2,1-2H3. The first-order chi connectivity index (χ1) is 8.65. The van der Waals surface area contributed by atoms with Crippen LogP contribution in [0.4, 0.5) is 0 Å². The van der Waals surface area contributed by atoms with E-state index in [1.807, 2.05) is 36.1 Å². The van der Waals surface area contributed by atoms with Gasteiger partial charge in [0.05, 0.1) is 6.04 Å². The fraction of sp³-hybridized carbons (Fsp3) is 0.533. The van der Waals surface area contributed by atoms with Gasteiger partial charge in [-0.3, -0.25) is 4.79 Å². The highest BCUT2D eigenvalue weighted by Gasteiger charge is 2.36. The molecule has 98 valence electrons. The highest BCUT2D eigenvalue weighted by molar-refractivity contribution is 6.31. The Kier molecular flexibility index (Phi) is 4.28. The molecule has 0 bridgehead atoms. The minimum Gasteiger partial charge on any atom is -0.333 e. The number of amides is 1. The summed E-state index contributed by atoms with van der Waals surface area (Å²) in [5.41, 5.74) is 1.05. The molecule has 0 aliphatic heterocycles. The minimum atomic E-state index is 0.0743. The number of hydrogen-bond donors (Lipinski definition) is 0. The maximum atomic E-state index is 12.2. The zero-order valence-electron chi connectivity index (χ0n) is 11.0. The van der Waals surface area contributed by atoms with Crippen LogP contribution in [-0.2, 0) is 4.79 Å². The Morgan fingerprint density at radius 3 is 2.67 bits per heavy atom. The van der Waals surface area contributed by atoms with Crippen molar-refractivity contribution in [3.63, 3.8) is 0 Å². The van der Waals surface area contributed by atoms with Gasteiger partial charge in [-0.15, -0.1) is 0 Å². The fourth-order valence-corrected chi connectivity index (χ4v) is 2.69. The zero-order valence-corrected chi connectivity index (χ0v) is 11.8. The Balaban J connectivity index is 2.21. The van der Waals surface area contributed by atoms with E-state index >= 15 is 0 Å². The van der Waals surface area contributed by atoms with Gasteiger partial charge in [0.15, 0.2) is 0 Å². The lowest BCUT2D eigenvalue weighted by Gasteiger charge is -2.30. The first-order valence-corrected chi connectivity index (χ1v) is 7.08. The van der Waals surface area contributed by atoms with Gasteiger partial charge in [0, 0.05) is 17.5 Å². The van der Waals surface area contributed by atoms with Gasteiger partial charge in [0.25, 0.3) is 0 Å². The maximum Gasteiger partial charge on any atom is 0.223 e. The van der Waals surface area contributed by atoms with Crippen LogP contribution in [0.15, 0.2) is 24.3 Å². The van der Waals surface area contributed by atoms with Crippen LogP contribution in [0, 0.1) is 0 Å². The number of benzene rings is 1. The Labute approximate surface area is 114 Å². The number of nitrogens with zero attached hydrogens (tertiary/aromatic N) is 1. The third-order valence-corrected chi connectivity index (χ3v) is 3.81. The highest BCUT2D eigenvalue weighted by atomic mass is 35.5. The van der Waals surface area contributed by atoms with Crippen molar-refractivity contribution in [1.29, 1.82) is 0 Å². The predicted octanol–water partition coefficient (Wildman–Crippen LogP) is 4.19. The average molecular weight is 266 g/mol. The van der Waals surface area contributed by atoms with E-state index in [-0.39, 0.29) is 11.9 Å². The lowest BCUT2D eigenvalue weighted by molar-refractivity contribution is -0.134. The molecule has 0 spiro atoms. The second-order valence-electron chi connectivity index (χ2n) is 4.98. The van der Waals surface area contributed by atoms with E-state index in [9.17, 15) is 4.79 Å². The van der Waals surface area contributed by atoms with E-state index < -0.39 is 0 Å². The van der Waals surface area contributed by atoms with Crippen LogP contribution < -0.4 is 0 Å². The van der Waals surface area contributed by atoms with Gasteiger partial charge in [0.2, 0.25) is 5.91 Å². The first kappa shape index (κ1) is 13.4. The Bertz CT molecular complexity index is 428. The van der Waals surface area contributed by atoms with Crippen LogP contribution >= 0.6 is 11.6 Å². The molecule has 0 saturated heterocycles. The van der Waals surface area contributed by atoms with Gasteiger partial charge in [-0.2, -0.15) is 0 Å². The van der Waals surface area contributed by atoms with E-state index in [1.54, 1.807) is 0 Å². The van der Waals surface area contributed by atoms with E-state index in [0.29, 0.717) is 12.5 Å². The van der Waals surface area contributed by atoms with Crippen molar-refractivity contribution in [2.75, 3.05) is 0 Å². The summed E-state index contributed by atoms with van der Waals surface area (Å²) in [6.07, 6.45) is 3.79. The molecule has 1 atom stereocenters. The summed E-state index contributed by atoms with van der Waals surface area (Å²) in [7, 11) is 0. The Morgan fingerprint density at radius 2 is 2.11 bits per heavy atom. The predicted molar refractivity (Wildman–Crippen MR) is 74.6 cm³/mol. The Morgan fingerprint density at radius 1 is 1.44 bits per heavy atom. The van der Waals surface area contributed by atoms with Gasteiger partial charge in [-0.25, -0.2) is 0 Å². The van der Waals surface area contributed by atoms with Crippen molar-refractivity contribution < 1.29 is 4.79 Å². The van der Waals surface area contributed by atoms with Crippen LogP contribution in [0.25, 0.3) is 0 Å². The number of halogens is 1.